The van der Waals surface area contributed by atoms with Crippen molar-refractivity contribution in [2.75, 3.05) is 7.11 Å². The van der Waals surface area contributed by atoms with Crippen molar-refractivity contribution in [1.29, 1.82) is 0 Å². The van der Waals surface area contributed by atoms with Crippen LogP contribution in [0.15, 0.2) is 48.5 Å². The van der Waals surface area contributed by atoms with Gasteiger partial charge >= 0.3 is 0 Å². The summed E-state index contributed by atoms with van der Waals surface area (Å²) in [5.41, 5.74) is 10.3. The van der Waals surface area contributed by atoms with Crippen LogP contribution in [0.2, 0.25) is 0 Å². The highest BCUT2D eigenvalue weighted by atomic mass is 16.5. The number of ether oxygens (including phenoxy) is 1. The second-order valence-electron chi connectivity index (χ2n) is 5.30. The molecule has 1 atom stereocenters. The smallest absolute Gasteiger partial charge is 0.122 e. The Bertz CT molecular complexity index is 593. The van der Waals surface area contributed by atoms with Crippen LogP contribution in [0.1, 0.15) is 23.1 Å². The van der Waals surface area contributed by atoms with Crippen LogP contribution >= 0.6 is 0 Å². The molecule has 0 aromatic heterocycles. The summed E-state index contributed by atoms with van der Waals surface area (Å²) in [6.45, 7) is 0. The molecular weight excluding hydrogens is 234 g/mol. The van der Waals surface area contributed by atoms with E-state index in [0.717, 1.165) is 25.0 Å². The monoisotopic (exact) mass is 253 g/mol. The first-order chi connectivity index (χ1) is 9.23. The van der Waals surface area contributed by atoms with E-state index < -0.39 is 0 Å². The van der Waals surface area contributed by atoms with Crippen LogP contribution < -0.4 is 10.5 Å². The molecule has 0 saturated carbocycles. The van der Waals surface area contributed by atoms with Gasteiger partial charge in [0.15, 0.2) is 0 Å². The van der Waals surface area contributed by atoms with E-state index in [4.69, 9.17) is 10.5 Å². The van der Waals surface area contributed by atoms with Gasteiger partial charge in [0, 0.05) is 5.54 Å². The number of rotatable bonds is 3. The summed E-state index contributed by atoms with van der Waals surface area (Å²) in [6.07, 6.45) is 2.90. The number of fused-ring (bicyclic) bond motifs is 1. The third-order valence-electron chi connectivity index (χ3n) is 4.09. The minimum absolute atomic E-state index is 0.259. The summed E-state index contributed by atoms with van der Waals surface area (Å²) in [6, 6.07) is 16.7. The first-order valence-corrected chi connectivity index (χ1v) is 6.72. The molecule has 2 nitrogen and oxygen atoms in total. The van der Waals surface area contributed by atoms with Crippen molar-refractivity contribution < 1.29 is 4.74 Å². The van der Waals surface area contributed by atoms with Crippen LogP contribution in [0.25, 0.3) is 0 Å². The molecule has 1 aliphatic rings. The average molecular weight is 253 g/mol. The lowest BCUT2D eigenvalue weighted by Gasteiger charge is -2.26. The molecule has 2 aromatic carbocycles. The Morgan fingerprint density at radius 3 is 2.68 bits per heavy atom. The number of aryl methyl sites for hydroxylation is 1. The SMILES string of the molecule is COc1ccccc1CC1(N)CCc2ccccc21. The quantitative estimate of drug-likeness (QED) is 0.912. The van der Waals surface area contributed by atoms with Crippen molar-refractivity contribution in [3.05, 3.63) is 65.2 Å². The molecule has 0 bridgehead atoms. The van der Waals surface area contributed by atoms with Crippen molar-refractivity contribution >= 4 is 0 Å². The van der Waals surface area contributed by atoms with Crippen LogP contribution in [0.3, 0.4) is 0 Å². The lowest BCUT2D eigenvalue weighted by molar-refractivity contribution is 0.391. The van der Waals surface area contributed by atoms with Crippen LogP contribution in [-0.4, -0.2) is 7.11 Å². The van der Waals surface area contributed by atoms with Gasteiger partial charge in [-0.15, -0.1) is 0 Å². The molecule has 0 spiro atoms. The third kappa shape index (κ3) is 2.13. The first kappa shape index (κ1) is 12.2. The van der Waals surface area contributed by atoms with E-state index >= 15 is 0 Å². The summed E-state index contributed by atoms with van der Waals surface area (Å²) in [7, 11) is 1.71. The van der Waals surface area contributed by atoms with Crippen LogP contribution in [0.5, 0.6) is 5.75 Å². The average Bonchev–Trinajstić information content (AvgIpc) is 2.78. The predicted octanol–water partition coefficient (Wildman–Crippen LogP) is 3.04. The second-order valence-corrected chi connectivity index (χ2v) is 5.30. The molecule has 0 amide bonds. The van der Waals surface area contributed by atoms with E-state index in [1.54, 1.807) is 7.11 Å². The number of hydrogen-bond acceptors (Lipinski definition) is 2. The summed E-state index contributed by atoms with van der Waals surface area (Å²) >= 11 is 0. The summed E-state index contributed by atoms with van der Waals surface area (Å²) in [5.74, 6) is 0.928. The highest BCUT2D eigenvalue weighted by molar-refractivity contribution is 5.42. The maximum absolute atomic E-state index is 6.67. The van der Waals surface area contributed by atoms with E-state index in [-0.39, 0.29) is 5.54 Å². The molecular formula is C17H19NO. The van der Waals surface area contributed by atoms with Crippen molar-refractivity contribution in [1.82, 2.24) is 0 Å². The van der Waals surface area contributed by atoms with E-state index in [1.165, 1.54) is 16.7 Å². The van der Waals surface area contributed by atoms with Gasteiger partial charge < -0.3 is 10.5 Å². The molecule has 1 aliphatic carbocycles. The van der Waals surface area contributed by atoms with E-state index in [0.29, 0.717) is 0 Å². The van der Waals surface area contributed by atoms with Gasteiger partial charge in [-0.2, -0.15) is 0 Å². The fraction of sp³-hybridized carbons (Fsp3) is 0.294. The van der Waals surface area contributed by atoms with Gasteiger partial charge in [0.1, 0.15) is 5.75 Å². The Kier molecular flexibility index (Phi) is 3.03. The molecule has 19 heavy (non-hydrogen) atoms. The summed E-state index contributed by atoms with van der Waals surface area (Å²) in [5, 5.41) is 0. The summed E-state index contributed by atoms with van der Waals surface area (Å²) in [4.78, 5) is 0. The largest absolute Gasteiger partial charge is 0.496 e. The molecule has 0 saturated heterocycles. The van der Waals surface area contributed by atoms with Gasteiger partial charge in [-0.25, -0.2) is 0 Å². The van der Waals surface area contributed by atoms with Crippen molar-refractivity contribution in [2.24, 2.45) is 5.73 Å². The molecule has 0 radical (unpaired) electrons. The van der Waals surface area contributed by atoms with Gasteiger partial charge in [0.05, 0.1) is 7.11 Å². The lowest BCUT2D eigenvalue weighted by Crippen LogP contribution is -2.36. The molecule has 3 rings (SSSR count). The van der Waals surface area contributed by atoms with Crippen LogP contribution in [-0.2, 0) is 18.4 Å². The molecule has 98 valence electrons. The van der Waals surface area contributed by atoms with Crippen molar-refractivity contribution in [3.8, 4) is 5.75 Å². The van der Waals surface area contributed by atoms with Gasteiger partial charge in [-0.1, -0.05) is 42.5 Å². The van der Waals surface area contributed by atoms with Crippen molar-refractivity contribution in [3.63, 3.8) is 0 Å². The second kappa shape index (κ2) is 4.71. The maximum atomic E-state index is 6.67. The van der Waals surface area contributed by atoms with E-state index in [1.807, 2.05) is 18.2 Å². The highest BCUT2D eigenvalue weighted by Crippen LogP contribution is 2.38. The minimum atomic E-state index is -0.259. The van der Waals surface area contributed by atoms with Crippen LogP contribution in [0, 0.1) is 0 Å². The van der Waals surface area contributed by atoms with Gasteiger partial charge in [-0.05, 0) is 42.0 Å². The molecule has 2 heteroatoms. The highest BCUT2D eigenvalue weighted by Gasteiger charge is 2.35. The lowest BCUT2D eigenvalue weighted by atomic mass is 9.86. The fourth-order valence-corrected chi connectivity index (χ4v) is 3.09. The Hall–Kier alpha value is -1.80. The normalized spacial score (nSPS) is 21.2. The molecule has 0 aliphatic heterocycles. The predicted molar refractivity (Wildman–Crippen MR) is 77.3 cm³/mol. The van der Waals surface area contributed by atoms with E-state index in [9.17, 15) is 0 Å². The van der Waals surface area contributed by atoms with Gasteiger partial charge in [-0.3, -0.25) is 0 Å². The number of benzene rings is 2. The fourth-order valence-electron chi connectivity index (χ4n) is 3.09. The van der Waals surface area contributed by atoms with Gasteiger partial charge in [0.2, 0.25) is 0 Å². The minimum Gasteiger partial charge on any atom is -0.496 e. The molecule has 2 aromatic rings. The van der Waals surface area contributed by atoms with Crippen molar-refractivity contribution in [2.45, 2.75) is 24.8 Å². The van der Waals surface area contributed by atoms with E-state index in [2.05, 4.69) is 30.3 Å². The zero-order valence-electron chi connectivity index (χ0n) is 11.2. The Morgan fingerprint density at radius 2 is 1.84 bits per heavy atom. The first-order valence-electron chi connectivity index (χ1n) is 6.72. The number of para-hydroxylation sites is 1. The maximum Gasteiger partial charge on any atom is 0.122 e. The number of nitrogens with two attached hydrogens (primary N) is 1. The summed E-state index contributed by atoms with van der Waals surface area (Å²) < 4.78 is 5.43. The zero-order chi connectivity index (χ0) is 13.3. The topological polar surface area (TPSA) is 35.2 Å². The molecule has 2 N–H and O–H groups in total. The Morgan fingerprint density at radius 1 is 1.11 bits per heavy atom. The number of hydrogen-bond donors (Lipinski definition) is 1. The molecule has 0 heterocycles. The molecule has 0 fully saturated rings. The third-order valence-corrected chi connectivity index (χ3v) is 4.09. The van der Waals surface area contributed by atoms with Crippen LogP contribution in [0.4, 0.5) is 0 Å². The Labute approximate surface area is 114 Å². The zero-order valence-corrected chi connectivity index (χ0v) is 11.2. The standard InChI is InChI=1S/C17H19NO/c1-19-16-9-5-3-7-14(16)12-17(18)11-10-13-6-2-4-8-15(13)17/h2-9H,10-12,18H2,1H3. The molecule has 1 unspecified atom stereocenters. The number of methoxy groups -OCH3 is 1. The van der Waals surface area contributed by atoms with Gasteiger partial charge in [0.25, 0.3) is 0 Å². The Balaban J connectivity index is 1.96.